The van der Waals surface area contributed by atoms with E-state index < -0.39 is 20.0 Å². The molecule has 0 spiro atoms. The summed E-state index contributed by atoms with van der Waals surface area (Å²) in [7, 11) is -5.73. The van der Waals surface area contributed by atoms with Gasteiger partial charge in [0, 0.05) is 32.7 Å². The highest BCUT2D eigenvalue weighted by atomic mass is 32.2. The van der Waals surface area contributed by atoms with Gasteiger partial charge in [-0.1, -0.05) is 49.6 Å². The van der Waals surface area contributed by atoms with Crippen molar-refractivity contribution in [2.24, 2.45) is 0 Å². The largest absolute Gasteiger partial charge is 0.285 e. The fourth-order valence-electron chi connectivity index (χ4n) is 4.74. The lowest BCUT2D eigenvalue weighted by atomic mass is 9.96. The van der Waals surface area contributed by atoms with E-state index in [0.29, 0.717) is 19.8 Å². The molecule has 2 aromatic rings. The Bertz CT molecular complexity index is 1130. The first-order valence-corrected chi connectivity index (χ1v) is 14.5. The Morgan fingerprint density at radius 1 is 0.818 bits per heavy atom. The maximum atomic E-state index is 13.3. The second kappa shape index (κ2) is 10.2. The molecule has 2 aliphatic rings. The highest BCUT2D eigenvalue weighted by Gasteiger charge is 2.31. The molecule has 0 radical (unpaired) electrons. The van der Waals surface area contributed by atoms with E-state index in [-0.39, 0.29) is 15.8 Å². The maximum absolute atomic E-state index is 13.3. The summed E-state index contributed by atoms with van der Waals surface area (Å²) < 4.78 is 55.6. The van der Waals surface area contributed by atoms with E-state index in [4.69, 9.17) is 0 Å². The molecule has 9 heteroatoms. The topological polar surface area (TPSA) is 78.0 Å². The molecule has 0 atom stereocenters. The lowest BCUT2D eigenvalue weighted by molar-refractivity contribution is 0.140. The third-order valence-corrected chi connectivity index (χ3v) is 10.5. The van der Waals surface area contributed by atoms with Crippen molar-refractivity contribution in [1.29, 1.82) is 0 Å². The van der Waals surface area contributed by atoms with E-state index in [9.17, 15) is 16.8 Å². The molecule has 0 amide bonds. The highest BCUT2D eigenvalue weighted by Crippen LogP contribution is 2.28. The van der Waals surface area contributed by atoms with Crippen molar-refractivity contribution in [3.05, 3.63) is 60.2 Å². The molecule has 4 rings (SSSR count). The van der Waals surface area contributed by atoms with Gasteiger partial charge in [0.15, 0.2) is 0 Å². The number of hydrogen-bond donors (Lipinski definition) is 0. The van der Waals surface area contributed by atoms with Crippen LogP contribution in [0.2, 0.25) is 0 Å². The number of nitrogens with zero attached hydrogens (tertiary/aromatic N) is 3. The first-order chi connectivity index (χ1) is 15.8. The average Bonchev–Trinajstić information content (AvgIpc) is 2.85. The summed E-state index contributed by atoms with van der Waals surface area (Å²) in [6, 6.07) is 15.7. The maximum Gasteiger partial charge on any atom is 0.244 e. The van der Waals surface area contributed by atoms with Crippen LogP contribution < -0.4 is 0 Å². The Balaban J connectivity index is 1.47. The zero-order valence-corrected chi connectivity index (χ0v) is 20.8. The van der Waals surface area contributed by atoms with Gasteiger partial charge in [0.05, 0.1) is 16.5 Å². The van der Waals surface area contributed by atoms with Gasteiger partial charge < -0.3 is 0 Å². The Hall–Kier alpha value is -1.78. The van der Waals surface area contributed by atoms with Gasteiger partial charge in [0.25, 0.3) is 0 Å². The second-order valence-electron chi connectivity index (χ2n) is 9.00. The van der Waals surface area contributed by atoms with Crippen molar-refractivity contribution < 1.29 is 16.8 Å². The van der Waals surface area contributed by atoms with Crippen LogP contribution in [0.1, 0.15) is 44.1 Å². The quantitative estimate of drug-likeness (QED) is 0.593. The van der Waals surface area contributed by atoms with Gasteiger partial charge in [-0.2, -0.15) is 8.61 Å². The summed E-state index contributed by atoms with van der Waals surface area (Å²) >= 11 is 0. The lowest BCUT2D eigenvalue weighted by Gasteiger charge is -2.34. The van der Waals surface area contributed by atoms with E-state index in [1.807, 2.05) is 30.3 Å². The molecule has 33 heavy (non-hydrogen) atoms. The van der Waals surface area contributed by atoms with Crippen molar-refractivity contribution in [1.82, 2.24) is 13.5 Å². The van der Waals surface area contributed by atoms with Crippen LogP contribution in [0.3, 0.4) is 0 Å². The minimum absolute atomic E-state index is 0.0103. The summed E-state index contributed by atoms with van der Waals surface area (Å²) in [5.74, 6) is 0. The molecule has 1 aliphatic heterocycles. The highest BCUT2D eigenvalue weighted by molar-refractivity contribution is 7.89. The van der Waals surface area contributed by atoms with Crippen LogP contribution in [0.4, 0.5) is 0 Å². The SMILES string of the molecule is CN(C1CCCCC1)S(=O)(=O)c1ccc(S(=O)(=O)N2CCCN(Cc3ccccc3)C2)cc1. The molecule has 2 aromatic carbocycles. The fourth-order valence-corrected chi connectivity index (χ4v) is 7.62. The normalized spacial score (nSPS) is 19.7. The summed E-state index contributed by atoms with van der Waals surface area (Å²) in [6.07, 6.45) is 5.73. The molecule has 0 unspecified atom stereocenters. The van der Waals surface area contributed by atoms with Gasteiger partial charge in [-0.15, -0.1) is 0 Å². The first kappa shape index (κ1) is 24.3. The van der Waals surface area contributed by atoms with Crippen LogP contribution in [0.5, 0.6) is 0 Å². The monoisotopic (exact) mass is 491 g/mol. The van der Waals surface area contributed by atoms with E-state index in [2.05, 4.69) is 4.90 Å². The van der Waals surface area contributed by atoms with Crippen molar-refractivity contribution in [3.63, 3.8) is 0 Å². The van der Waals surface area contributed by atoms with Crippen LogP contribution in [0.25, 0.3) is 0 Å². The first-order valence-electron chi connectivity index (χ1n) is 11.6. The Labute approximate surface area is 198 Å². The van der Waals surface area contributed by atoms with Crippen LogP contribution in [-0.2, 0) is 26.6 Å². The van der Waals surface area contributed by atoms with Gasteiger partial charge >= 0.3 is 0 Å². The summed E-state index contributed by atoms with van der Waals surface area (Å²) in [6.45, 7) is 2.31. The third kappa shape index (κ3) is 5.49. The fraction of sp³-hybridized carbons (Fsp3) is 0.500. The van der Waals surface area contributed by atoms with E-state index in [0.717, 1.165) is 50.6 Å². The average molecular weight is 492 g/mol. The Morgan fingerprint density at radius 2 is 1.45 bits per heavy atom. The third-order valence-electron chi connectivity index (χ3n) is 6.72. The van der Waals surface area contributed by atoms with Crippen molar-refractivity contribution in [2.75, 3.05) is 26.8 Å². The molecule has 7 nitrogen and oxygen atoms in total. The molecular formula is C24H33N3O4S2. The second-order valence-corrected chi connectivity index (χ2v) is 12.9. The number of hydrogen-bond acceptors (Lipinski definition) is 5. The molecule has 1 saturated carbocycles. The summed E-state index contributed by atoms with van der Waals surface area (Å²) in [4.78, 5) is 2.39. The van der Waals surface area contributed by atoms with Crippen molar-refractivity contribution in [3.8, 4) is 0 Å². The standard InChI is InChI=1S/C24H33N3O4S2/c1-25(22-11-6-3-7-12-22)32(28,29)23-13-15-24(16-14-23)33(30,31)27-18-8-17-26(20-27)19-21-9-4-2-5-10-21/h2,4-5,9-10,13-16,22H,3,6-8,11-12,17-20H2,1H3. The van der Waals surface area contributed by atoms with Crippen LogP contribution in [0, 0.1) is 0 Å². The van der Waals surface area contributed by atoms with Crippen LogP contribution >= 0.6 is 0 Å². The summed E-state index contributed by atoms with van der Waals surface area (Å²) in [5, 5.41) is 0. The zero-order chi connectivity index (χ0) is 23.5. The Kier molecular flexibility index (Phi) is 7.55. The minimum Gasteiger partial charge on any atom is -0.285 e. The molecule has 0 bridgehead atoms. The molecule has 0 N–H and O–H groups in total. The van der Waals surface area contributed by atoms with E-state index in [1.165, 1.54) is 32.9 Å². The van der Waals surface area contributed by atoms with Gasteiger partial charge in [-0.05, 0) is 49.1 Å². The zero-order valence-electron chi connectivity index (χ0n) is 19.1. The van der Waals surface area contributed by atoms with E-state index >= 15 is 0 Å². The molecule has 1 saturated heterocycles. The van der Waals surface area contributed by atoms with Crippen molar-refractivity contribution in [2.45, 2.75) is 60.9 Å². The number of benzene rings is 2. The Morgan fingerprint density at radius 3 is 2.12 bits per heavy atom. The molecule has 180 valence electrons. The summed E-state index contributed by atoms with van der Waals surface area (Å²) in [5.41, 5.74) is 1.15. The number of sulfonamides is 2. The molecular weight excluding hydrogens is 458 g/mol. The van der Waals surface area contributed by atoms with Crippen LogP contribution in [0.15, 0.2) is 64.4 Å². The molecule has 2 fully saturated rings. The van der Waals surface area contributed by atoms with Gasteiger partial charge in [-0.3, -0.25) is 4.90 Å². The smallest absolute Gasteiger partial charge is 0.244 e. The van der Waals surface area contributed by atoms with Crippen LogP contribution in [-0.4, -0.2) is 63.2 Å². The van der Waals surface area contributed by atoms with Gasteiger partial charge in [-0.25, -0.2) is 16.8 Å². The molecule has 0 aromatic heterocycles. The van der Waals surface area contributed by atoms with Crippen molar-refractivity contribution >= 4 is 20.0 Å². The van der Waals surface area contributed by atoms with Gasteiger partial charge in [0.1, 0.15) is 0 Å². The predicted molar refractivity (Wildman–Crippen MR) is 128 cm³/mol. The molecule has 1 heterocycles. The molecule has 1 aliphatic carbocycles. The predicted octanol–water partition coefficient (Wildman–Crippen LogP) is 3.49. The van der Waals surface area contributed by atoms with Gasteiger partial charge in [0.2, 0.25) is 20.0 Å². The minimum atomic E-state index is -3.71. The lowest BCUT2D eigenvalue weighted by Crippen LogP contribution is -2.47. The van der Waals surface area contributed by atoms with E-state index in [1.54, 1.807) is 7.05 Å². The number of rotatable bonds is 7.